The van der Waals surface area contributed by atoms with Gasteiger partial charge in [0.05, 0.1) is 10.5 Å². The number of rotatable bonds is 3. The molecule has 20 heavy (non-hydrogen) atoms. The lowest BCUT2D eigenvalue weighted by molar-refractivity contribution is -0.116. The van der Waals surface area contributed by atoms with E-state index < -0.39 is 17.6 Å². The van der Waals surface area contributed by atoms with E-state index in [0.29, 0.717) is 15.7 Å². The SMILES string of the molecule is N#CC(C(=O)Nc1ccc(Br)c(F)c1)c1ccccc1. The van der Waals surface area contributed by atoms with Crippen molar-refractivity contribution < 1.29 is 9.18 Å². The van der Waals surface area contributed by atoms with Gasteiger partial charge in [-0.05, 0) is 39.7 Å². The number of nitriles is 1. The second-order valence-corrected chi connectivity index (χ2v) is 4.95. The van der Waals surface area contributed by atoms with Gasteiger partial charge >= 0.3 is 0 Å². The summed E-state index contributed by atoms with van der Waals surface area (Å²) < 4.78 is 13.7. The molecule has 1 unspecified atom stereocenters. The summed E-state index contributed by atoms with van der Waals surface area (Å²) in [5, 5.41) is 11.7. The van der Waals surface area contributed by atoms with Gasteiger partial charge in [-0.1, -0.05) is 30.3 Å². The first-order valence-corrected chi connectivity index (χ1v) is 6.61. The van der Waals surface area contributed by atoms with Gasteiger partial charge in [-0.15, -0.1) is 0 Å². The molecule has 2 rings (SSSR count). The van der Waals surface area contributed by atoms with E-state index in [2.05, 4.69) is 21.2 Å². The van der Waals surface area contributed by atoms with Gasteiger partial charge in [0, 0.05) is 5.69 Å². The van der Waals surface area contributed by atoms with Crippen LogP contribution in [0.2, 0.25) is 0 Å². The number of hydrogen-bond acceptors (Lipinski definition) is 2. The fraction of sp³-hybridized carbons (Fsp3) is 0.0667. The first kappa shape index (κ1) is 14.2. The molecule has 0 aliphatic rings. The third-order valence-electron chi connectivity index (χ3n) is 2.71. The van der Waals surface area contributed by atoms with Crippen molar-refractivity contribution in [1.29, 1.82) is 5.26 Å². The van der Waals surface area contributed by atoms with Crippen molar-refractivity contribution in [3.63, 3.8) is 0 Å². The Bertz CT molecular complexity index is 667. The maximum absolute atomic E-state index is 13.4. The molecule has 5 heteroatoms. The highest BCUT2D eigenvalue weighted by Gasteiger charge is 2.20. The van der Waals surface area contributed by atoms with Gasteiger partial charge in [-0.25, -0.2) is 4.39 Å². The van der Waals surface area contributed by atoms with Crippen LogP contribution in [0.25, 0.3) is 0 Å². The molecule has 0 radical (unpaired) electrons. The van der Waals surface area contributed by atoms with Crippen LogP contribution >= 0.6 is 15.9 Å². The highest BCUT2D eigenvalue weighted by atomic mass is 79.9. The van der Waals surface area contributed by atoms with Crippen LogP contribution in [0, 0.1) is 17.1 Å². The van der Waals surface area contributed by atoms with Gasteiger partial charge in [-0.2, -0.15) is 5.26 Å². The third-order valence-corrected chi connectivity index (χ3v) is 3.35. The molecule has 0 aromatic heterocycles. The number of carbonyl (C=O) groups excluding carboxylic acids is 1. The highest BCUT2D eigenvalue weighted by molar-refractivity contribution is 9.10. The average molecular weight is 333 g/mol. The summed E-state index contributed by atoms with van der Waals surface area (Å²) in [6.45, 7) is 0. The maximum Gasteiger partial charge on any atom is 0.246 e. The highest BCUT2D eigenvalue weighted by Crippen LogP contribution is 2.21. The van der Waals surface area contributed by atoms with Crippen molar-refractivity contribution in [3.05, 3.63) is 64.4 Å². The molecular formula is C15H10BrFN2O. The van der Waals surface area contributed by atoms with Crippen LogP contribution < -0.4 is 5.32 Å². The second-order valence-electron chi connectivity index (χ2n) is 4.09. The Labute approximate surface area is 124 Å². The second kappa shape index (κ2) is 6.31. The minimum atomic E-state index is -0.928. The lowest BCUT2D eigenvalue weighted by Gasteiger charge is -2.10. The molecule has 1 amide bonds. The van der Waals surface area contributed by atoms with Crippen LogP contribution in [0.3, 0.4) is 0 Å². The standard InChI is InChI=1S/C15H10BrFN2O/c16-13-7-6-11(8-14(13)17)19-15(20)12(9-18)10-4-2-1-3-5-10/h1-8,12H,(H,19,20). The Hall–Kier alpha value is -2.19. The summed E-state index contributed by atoms with van der Waals surface area (Å²) in [4.78, 5) is 12.1. The molecule has 0 saturated heterocycles. The normalized spacial score (nSPS) is 11.4. The molecule has 0 saturated carbocycles. The van der Waals surface area contributed by atoms with E-state index in [0.717, 1.165) is 0 Å². The van der Waals surface area contributed by atoms with Crippen molar-refractivity contribution in [2.24, 2.45) is 0 Å². The van der Waals surface area contributed by atoms with E-state index in [4.69, 9.17) is 5.26 Å². The Morgan fingerprint density at radius 3 is 2.55 bits per heavy atom. The number of amides is 1. The number of hydrogen-bond donors (Lipinski definition) is 1. The van der Waals surface area contributed by atoms with E-state index in [-0.39, 0.29) is 0 Å². The summed E-state index contributed by atoms with van der Waals surface area (Å²) in [6, 6.07) is 14.9. The van der Waals surface area contributed by atoms with Crippen molar-refractivity contribution in [2.75, 3.05) is 5.32 Å². The summed E-state index contributed by atoms with van der Waals surface area (Å²) in [6.07, 6.45) is 0. The van der Waals surface area contributed by atoms with Crippen molar-refractivity contribution >= 4 is 27.5 Å². The Morgan fingerprint density at radius 2 is 1.95 bits per heavy atom. The van der Waals surface area contributed by atoms with Crippen molar-refractivity contribution in [3.8, 4) is 6.07 Å². The number of nitrogens with one attached hydrogen (secondary N) is 1. The fourth-order valence-electron chi connectivity index (χ4n) is 1.72. The lowest BCUT2D eigenvalue weighted by Crippen LogP contribution is -2.20. The summed E-state index contributed by atoms with van der Waals surface area (Å²) in [7, 11) is 0. The minimum absolute atomic E-state index is 0.312. The van der Waals surface area contributed by atoms with Crippen molar-refractivity contribution in [2.45, 2.75) is 5.92 Å². The summed E-state index contributed by atoms with van der Waals surface area (Å²) in [5.41, 5.74) is 0.914. The molecule has 0 bridgehead atoms. The van der Waals surface area contributed by atoms with Gasteiger partial charge < -0.3 is 5.32 Å². The molecule has 100 valence electrons. The van der Waals surface area contributed by atoms with Crippen LogP contribution in [-0.2, 0) is 4.79 Å². The van der Waals surface area contributed by atoms with Crippen LogP contribution in [0.15, 0.2) is 53.0 Å². The zero-order valence-electron chi connectivity index (χ0n) is 10.3. The predicted molar refractivity (Wildman–Crippen MR) is 77.5 cm³/mol. The van der Waals surface area contributed by atoms with Gasteiger partial charge in [0.15, 0.2) is 5.92 Å². The molecule has 0 aliphatic carbocycles. The molecule has 0 aliphatic heterocycles. The zero-order valence-corrected chi connectivity index (χ0v) is 11.9. The Kier molecular flexibility index (Phi) is 4.49. The largest absolute Gasteiger partial charge is 0.325 e. The van der Waals surface area contributed by atoms with E-state index in [1.165, 1.54) is 12.1 Å². The van der Waals surface area contributed by atoms with Gasteiger partial charge in [-0.3, -0.25) is 4.79 Å². The molecule has 0 heterocycles. The fourth-order valence-corrected chi connectivity index (χ4v) is 1.96. The average Bonchev–Trinajstić information content (AvgIpc) is 2.45. The van der Waals surface area contributed by atoms with E-state index in [9.17, 15) is 9.18 Å². The van der Waals surface area contributed by atoms with Gasteiger partial charge in [0.2, 0.25) is 5.91 Å². The maximum atomic E-state index is 13.4. The number of halogens is 2. The predicted octanol–water partition coefficient (Wildman–Crippen LogP) is 3.83. The van der Waals surface area contributed by atoms with Crippen LogP contribution in [-0.4, -0.2) is 5.91 Å². The lowest BCUT2D eigenvalue weighted by atomic mass is 10.00. The summed E-state index contributed by atoms with van der Waals surface area (Å²) >= 11 is 3.03. The first-order chi connectivity index (χ1) is 9.61. The minimum Gasteiger partial charge on any atom is -0.325 e. The number of nitrogens with zero attached hydrogens (tertiary/aromatic N) is 1. The van der Waals surface area contributed by atoms with Gasteiger partial charge in [0.25, 0.3) is 0 Å². The van der Waals surface area contributed by atoms with Crippen molar-refractivity contribution in [1.82, 2.24) is 0 Å². The molecule has 2 aromatic rings. The van der Waals surface area contributed by atoms with Crippen LogP contribution in [0.1, 0.15) is 11.5 Å². The zero-order chi connectivity index (χ0) is 14.5. The topological polar surface area (TPSA) is 52.9 Å². The number of anilines is 1. The monoisotopic (exact) mass is 332 g/mol. The summed E-state index contributed by atoms with van der Waals surface area (Å²) in [5.74, 6) is -1.89. The van der Waals surface area contributed by atoms with Crippen LogP contribution in [0.4, 0.5) is 10.1 Å². The number of carbonyl (C=O) groups is 1. The Morgan fingerprint density at radius 1 is 1.25 bits per heavy atom. The molecule has 2 aromatic carbocycles. The third kappa shape index (κ3) is 3.22. The molecule has 1 N–H and O–H groups in total. The number of benzene rings is 2. The molecule has 1 atom stereocenters. The van der Waals surface area contributed by atoms with E-state index >= 15 is 0 Å². The smallest absolute Gasteiger partial charge is 0.246 e. The quantitative estimate of drug-likeness (QED) is 0.928. The Balaban J connectivity index is 2.18. The molecule has 0 fully saturated rings. The van der Waals surface area contributed by atoms with E-state index in [1.807, 2.05) is 6.07 Å². The molecular weight excluding hydrogens is 323 g/mol. The van der Waals surface area contributed by atoms with E-state index in [1.54, 1.807) is 36.4 Å². The van der Waals surface area contributed by atoms with Crippen LogP contribution in [0.5, 0.6) is 0 Å². The molecule has 0 spiro atoms. The first-order valence-electron chi connectivity index (χ1n) is 5.82. The molecule has 3 nitrogen and oxygen atoms in total. The van der Waals surface area contributed by atoms with Gasteiger partial charge in [0.1, 0.15) is 5.82 Å².